The SMILES string of the molecule is Cc1cc(-c2ncnc3[nH]c(-c4ccc(N5CCN(CC6CCN(c7ccc(N8CCC(=O)NC8=O)cc7)CC6)CC5)cc4)cc23)ccc1CNC(=O)c1noc(C(C)(C)C)n1. The number of aromatic nitrogens is 5. The lowest BCUT2D eigenvalue weighted by Crippen LogP contribution is -2.49. The fraction of sp³-hybridized carbons (Fsp3) is 0.383. The van der Waals surface area contributed by atoms with Crippen molar-refractivity contribution in [2.45, 2.75) is 58.9 Å². The Morgan fingerprint density at radius 3 is 2.18 bits per heavy atom. The molecule has 3 aromatic heterocycles. The fourth-order valence-corrected chi connectivity index (χ4v) is 8.68. The lowest BCUT2D eigenvalue weighted by Gasteiger charge is -2.40. The van der Waals surface area contributed by atoms with E-state index < -0.39 is 0 Å². The number of benzene rings is 3. The third-order valence-electron chi connectivity index (χ3n) is 12.4. The average molecular weight is 836 g/mol. The number of nitrogens with zero attached hydrogens (tertiary/aromatic N) is 8. The van der Waals surface area contributed by atoms with E-state index in [1.54, 1.807) is 11.2 Å². The van der Waals surface area contributed by atoms with Gasteiger partial charge >= 0.3 is 6.03 Å². The smallest absolute Gasteiger partial charge is 0.328 e. The molecule has 320 valence electrons. The number of piperidine rings is 1. The zero-order valence-electron chi connectivity index (χ0n) is 35.8. The van der Waals surface area contributed by atoms with Gasteiger partial charge in [-0.05, 0) is 90.9 Å². The number of amides is 4. The summed E-state index contributed by atoms with van der Waals surface area (Å²) in [7, 11) is 0. The van der Waals surface area contributed by atoms with Crippen LogP contribution in [0.3, 0.4) is 0 Å². The van der Waals surface area contributed by atoms with Gasteiger partial charge in [-0.1, -0.05) is 50.2 Å². The van der Waals surface area contributed by atoms with Gasteiger partial charge in [0.15, 0.2) is 0 Å². The Balaban J connectivity index is 0.759. The van der Waals surface area contributed by atoms with E-state index in [9.17, 15) is 14.4 Å². The van der Waals surface area contributed by atoms with Crippen molar-refractivity contribution in [1.82, 2.24) is 40.6 Å². The summed E-state index contributed by atoms with van der Waals surface area (Å²) in [5, 5.41) is 10.1. The van der Waals surface area contributed by atoms with Crippen molar-refractivity contribution in [1.29, 1.82) is 0 Å². The molecule has 0 spiro atoms. The van der Waals surface area contributed by atoms with Crippen LogP contribution in [0.2, 0.25) is 0 Å². The van der Waals surface area contributed by atoms with Crippen molar-refractivity contribution < 1.29 is 18.9 Å². The molecule has 0 radical (unpaired) electrons. The number of anilines is 3. The number of aryl methyl sites for hydroxylation is 1. The second-order valence-electron chi connectivity index (χ2n) is 17.7. The van der Waals surface area contributed by atoms with Crippen LogP contribution in [0.25, 0.3) is 33.5 Å². The van der Waals surface area contributed by atoms with Gasteiger partial charge in [0, 0.05) is 104 Å². The Morgan fingerprint density at radius 1 is 0.823 bits per heavy atom. The first-order valence-corrected chi connectivity index (χ1v) is 21.6. The van der Waals surface area contributed by atoms with Crippen molar-refractivity contribution in [2.24, 2.45) is 5.92 Å². The highest BCUT2D eigenvalue weighted by Crippen LogP contribution is 2.33. The number of nitrogens with one attached hydrogen (secondary N) is 3. The number of hydrogen-bond acceptors (Lipinski definition) is 11. The highest BCUT2D eigenvalue weighted by molar-refractivity contribution is 6.05. The molecule has 3 aromatic carbocycles. The van der Waals surface area contributed by atoms with Crippen molar-refractivity contribution in [3.8, 4) is 22.5 Å². The second kappa shape index (κ2) is 17.0. The van der Waals surface area contributed by atoms with E-state index in [2.05, 4.69) is 99.0 Å². The zero-order valence-corrected chi connectivity index (χ0v) is 35.8. The lowest BCUT2D eigenvalue weighted by atomic mass is 9.95. The van der Waals surface area contributed by atoms with Crippen LogP contribution in [-0.4, -0.2) is 100 Å². The Hall–Kier alpha value is -6.61. The molecular weight excluding hydrogens is 783 g/mol. The van der Waals surface area contributed by atoms with Gasteiger partial charge in [0.05, 0.1) is 5.69 Å². The van der Waals surface area contributed by atoms with E-state index in [1.165, 1.54) is 11.4 Å². The van der Waals surface area contributed by atoms with Crippen LogP contribution in [0.5, 0.6) is 0 Å². The highest BCUT2D eigenvalue weighted by atomic mass is 16.5. The van der Waals surface area contributed by atoms with E-state index in [1.807, 2.05) is 52.0 Å². The molecule has 4 amide bonds. The molecule has 9 rings (SSSR count). The van der Waals surface area contributed by atoms with E-state index in [-0.39, 0.29) is 29.1 Å². The van der Waals surface area contributed by atoms with Gasteiger partial charge < -0.3 is 24.6 Å². The minimum absolute atomic E-state index is 0.0269. The number of carbonyl (C=O) groups is 3. The van der Waals surface area contributed by atoms with Gasteiger partial charge in [-0.25, -0.2) is 14.8 Å². The Labute approximate surface area is 360 Å². The van der Waals surface area contributed by atoms with Crippen LogP contribution in [0.15, 0.2) is 83.6 Å². The van der Waals surface area contributed by atoms with Crippen molar-refractivity contribution >= 4 is 45.9 Å². The topological polar surface area (TPSA) is 169 Å². The first kappa shape index (κ1) is 40.8. The van der Waals surface area contributed by atoms with Crippen LogP contribution in [-0.2, 0) is 16.8 Å². The second-order valence-corrected chi connectivity index (χ2v) is 17.7. The molecule has 15 heteroatoms. The number of imide groups is 1. The Kier molecular flexibility index (Phi) is 11.2. The summed E-state index contributed by atoms with van der Waals surface area (Å²) in [6.07, 6.45) is 4.24. The van der Waals surface area contributed by atoms with E-state index >= 15 is 0 Å². The fourth-order valence-electron chi connectivity index (χ4n) is 8.68. The van der Waals surface area contributed by atoms with Gasteiger partial charge in [-0.2, -0.15) is 4.98 Å². The minimum Gasteiger partial charge on any atom is -0.372 e. The van der Waals surface area contributed by atoms with Gasteiger partial charge in [0.2, 0.25) is 11.8 Å². The summed E-state index contributed by atoms with van der Waals surface area (Å²) in [5.74, 6) is 0.534. The number of H-pyrrole nitrogens is 1. The third-order valence-corrected chi connectivity index (χ3v) is 12.4. The van der Waals surface area contributed by atoms with Crippen LogP contribution in [0.4, 0.5) is 21.9 Å². The van der Waals surface area contributed by atoms with Crippen molar-refractivity contribution in [3.63, 3.8) is 0 Å². The lowest BCUT2D eigenvalue weighted by molar-refractivity contribution is -0.120. The highest BCUT2D eigenvalue weighted by Gasteiger charge is 2.27. The third kappa shape index (κ3) is 8.75. The van der Waals surface area contributed by atoms with Crippen LogP contribution in [0, 0.1) is 12.8 Å². The number of urea groups is 1. The van der Waals surface area contributed by atoms with Crippen molar-refractivity contribution in [2.75, 3.05) is 67.1 Å². The molecule has 0 atom stereocenters. The molecule has 62 heavy (non-hydrogen) atoms. The number of fused-ring (bicyclic) bond motifs is 1. The molecule has 6 heterocycles. The first-order valence-electron chi connectivity index (χ1n) is 21.6. The van der Waals surface area contributed by atoms with Crippen LogP contribution in [0.1, 0.15) is 67.7 Å². The molecule has 3 aliphatic heterocycles. The summed E-state index contributed by atoms with van der Waals surface area (Å²) in [6.45, 7) is 15.9. The summed E-state index contributed by atoms with van der Waals surface area (Å²) >= 11 is 0. The van der Waals surface area contributed by atoms with Gasteiger partial charge in [-0.3, -0.25) is 24.7 Å². The van der Waals surface area contributed by atoms with E-state index in [4.69, 9.17) is 4.52 Å². The molecule has 3 fully saturated rings. The molecule has 3 saturated heterocycles. The van der Waals surface area contributed by atoms with E-state index in [0.29, 0.717) is 31.3 Å². The maximum absolute atomic E-state index is 12.7. The summed E-state index contributed by atoms with van der Waals surface area (Å²) in [5.41, 5.74) is 9.56. The van der Waals surface area contributed by atoms with Gasteiger partial charge in [0.25, 0.3) is 11.7 Å². The number of aromatic amines is 1. The quantitative estimate of drug-likeness (QED) is 0.134. The largest absolute Gasteiger partial charge is 0.372 e. The van der Waals surface area contributed by atoms with Crippen molar-refractivity contribution in [3.05, 3.63) is 102 Å². The van der Waals surface area contributed by atoms with Gasteiger partial charge in [-0.15, -0.1) is 0 Å². The predicted octanol–water partition coefficient (Wildman–Crippen LogP) is 6.70. The molecule has 3 aliphatic rings. The van der Waals surface area contributed by atoms with Crippen LogP contribution < -0.4 is 25.3 Å². The number of carbonyl (C=O) groups excluding carboxylic acids is 3. The molecule has 3 N–H and O–H groups in total. The minimum atomic E-state index is -0.379. The molecule has 0 unspecified atom stereocenters. The molecule has 0 saturated carbocycles. The number of piperazine rings is 1. The number of hydrogen-bond donors (Lipinski definition) is 3. The molecule has 0 aliphatic carbocycles. The zero-order chi connectivity index (χ0) is 43.0. The normalized spacial score (nSPS) is 16.9. The molecule has 15 nitrogen and oxygen atoms in total. The standard InChI is InChI=1S/C47H53N11O4/c1-30-25-33(5-6-34(30)27-48-44(60)43-53-45(62-54-43)47(2,3)4)41-38-26-39(51-42(38)50-29-49-41)32-7-9-35(10-8-32)57-23-21-55(22-24-57)28-31-15-18-56(19-16-31)36-11-13-37(14-12-36)58-20-17-40(59)52-46(58)61/h5-14,25-26,29,31H,15-24,27-28H2,1-4H3,(H,48,60)(H,49,50,51)(H,52,59,61). The molecule has 6 aromatic rings. The van der Waals surface area contributed by atoms with Gasteiger partial charge in [0.1, 0.15) is 12.0 Å². The Bertz CT molecular complexity index is 2580. The number of rotatable bonds is 10. The summed E-state index contributed by atoms with van der Waals surface area (Å²) in [6, 6.07) is 24.9. The van der Waals surface area contributed by atoms with Crippen LogP contribution >= 0.6 is 0 Å². The first-order chi connectivity index (χ1) is 29.9. The van der Waals surface area contributed by atoms with E-state index in [0.717, 1.165) is 109 Å². The summed E-state index contributed by atoms with van der Waals surface area (Å²) in [4.78, 5) is 62.7. The molecule has 0 bridgehead atoms. The predicted molar refractivity (Wildman–Crippen MR) is 239 cm³/mol. The summed E-state index contributed by atoms with van der Waals surface area (Å²) < 4.78 is 5.28. The Morgan fingerprint density at radius 2 is 1.50 bits per heavy atom. The molecular formula is C47H53N11O4. The monoisotopic (exact) mass is 835 g/mol. The maximum atomic E-state index is 12.7. The average Bonchev–Trinajstić information content (AvgIpc) is 3.96. The maximum Gasteiger partial charge on any atom is 0.328 e.